The number of benzene rings is 3. The second-order valence-corrected chi connectivity index (χ2v) is 8.08. The van der Waals surface area contributed by atoms with Crippen LogP contribution in [0.3, 0.4) is 0 Å². The summed E-state index contributed by atoms with van der Waals surface area (Å²) in [5, 5.41) is 0. The average Bonchev–Trinajstić information content (AvgIpc) is 3.31. The molecule has 1 unspecified atom stereocenters. The zero-order valence-corrected chi connectivity index (χ0v) is 17.4. The predicted molar refractivity (Wildman–Crippen MR) is 117 cm³/mol. The van der Waals surface area contributed by atoms with E-state index in [1.165, 1.54) is 6.07 Å². The summed E-state index contributed by atoms with van der Waals surface area (Å²) in [6.07, 6.45) is 1.39. The minimum atomic E-state index is -0.425. The monoisotopic (exact) mass is 431 g/mol. The fourth-order valence-corrected chi connectivity index (χ4v) is 4.34. The van der Waals surface area contributed by atoms with Crippen molar-refractivity contribution < 1.29 is 23.5 Å². The Bertz CT molecular complexity index is 1180. The van der Waals surface area contributed by atoms with Gasteiger partial charge in [-0.05, 0) is 42.7 Å². The Labute approximate surface area is 185 Å². The van der Waals surface area contributed by atoms with Crippen molar-refractivity contribution in [3.63, 3.8) is 0 Å². The molecule has 0 N–H and O–H groups in total. The van der Waals surface area contributed by atoms with Gasteiger partial charge in [0.2, 0.25) is 6.79 Å². The van der Waals surface area contributed by atoms with Crippen LogP contribution in [-0.4, -0.2) is 36.5 Å². The number of fused-ring (bicyclic) bond motifs is 1. The molecule has 2 aliphatic rings. The lowest BCUT2D eigenvalue weighted by molar-refractivity contribution is 0.0636. The van der Waals surface area contributed by atoms with E-state index in [0.29, 0.717) is 47.7 Å². The van der Waals surface area contributed by atoms with Gasteiger partial charge in [0.1, 0.15) is 5.82 Å². The number of ether oxygens (including phenoxy) is 2. The highest BCUT2D eigenvalue weighted by Crippen LogP contribution is 2.33. The van der Waals surface area contributed by atoms with Gasteiger partial charge in [-0.2, -0.15) is 0 Å². The summed E-state index contributed by atoms with van der Waals surface area (Å²) in [4.78, 5) is 27.8. The number of rotatable bonds is 4. The lowest BCUT2D eigenvalue weighted by Crippen LogP contribution is -2.42. The van der Waals surface area contributed by atoms with E-state index in [1.807, 2.05) is 30.3 Å². The molecule has 3 aromatic rings. The minimum Gasteiger partial charge on any atom is -0.454 e. The number of piperidine rings is 1. The van der Waals surface area contributed by atoms with E-state index in [-0.39, 0.29) is 24.4 Å². The Hall–Kier alpha value is -3.67. The molecule has 0 aromatic heterocycles. The molecule has 5 nitrogen and oxygen atoms in total. The molecule has 1 atom stereocenters. The van der Waals surface area contributed by atoms with Gasteiger partial charge in [-0.3, -0.25) is 9.59 Å². The smallest absolute Gasteiger partial charge is 0.254 e. The van der Waals surface area contributed by atoms with Crippen LogP contribution in [0.15, 0.2) is 66.7 Å². The lowest BCUT2D eigenvalue weighted by atomic mass is 9.89. The van der Waals surface area contributed by atoms with E-state index in [0.717, 1.165) is 12.0 Å². The van der Waals surface area contributed by atoms with Crippen LogP contribution in [-0.2, 0) is 0 Å². The second-order valence-electron chi connectivity index (χ2n) is 8.08. The quantitative estimate of drug-likeness (QED) is 0.548. The van der Waals surface area contributed by atoms with Gasteiger partial charge >= 0.3 is 0 Å². The average molecular weight is 431 g/mol. The van der Waals surface area contributed by atoms with Gasteiger partial charge in [0.25, 0.3) is 5.91 Å². The summed E-state index contributed by atoms with van der Waals surface area (Å²) in [6, 6.07) is 19.0. The van der Waals surface area contributed by atoms with Crippen molar-refractivity contribution in [2.24, 2.45) is 5.92 Å². The summed E-state index contributed by atoms with van der Waals surface area (Å²) < 4.78 is 25.4. The zero-order chi connectivity index (χ0) is 22.1. The number of amides is 1. The molecule has 162 valence electrons. The van der Waals surface area contributed by atoms with Gasteiger partial charge < -0.3 is 14.4 Å². The van der Waals surface area contributed by atoms with Crippen LogP contribution in [0.5, 0.6) is 11.5 Å². The summed E-state index contributed by atoms with van der Waals surface area (Å²) >= 11 is 0. The molecule has 0 saturated carbocycles. The maximum Gasteiger partial charge on any atom is 0.254 e. The van der Waals surface area contributed by atoms with E-state index >= 15 is 0 Å². The molecular weight excluding hydrogens is 409 g/mol. The minimum absolute atomic E-state index is 0.133. The van der Waals surface area contributed by atoms with Crippen LogP contribution in [0.4, 0.5) is 4.39 Å². The second kappa shape index (κ2) is 8.46. The maximum atomic E-state index is 14.8. The molecule has 0 aliphatic carbocycles. The molecular formula is C26H22FNO4. The molecule has 32 heavy (non-hydrogen) atoms. The van der Waals surface area contributed by atoms with Crippen molar-refractivity contribution in [1.29, 1.82) is 0 Å². The van der Waals surface area contributed by atoms with Crippen LogP contribution < -0.4 is 9.47 Å². The molecule has 1 saturated heterocycles. The topological polar surface area (TPSA) is 55.8 Å². The number of carbonyl (C=O) groups is 2. The van der Waals surface area contributed by atoms with Crippen molar-refractivity contribution in [2.75, 3.05) is 19.9 Å². The third-order valence-corrected chi connectivity index (χ3v) is 6.04. The third-order valence-electron chi connectivity index (χ3n) is 6.04. The van der Waals surface area contributed by atoms with Crippen LogP contribution in [0, 0.1) is 11.7 Å². The molecule has 1 fully saturated rings. The van der Waals surface area contributed by atoms with Crippen LogP contribution in [0.1, 0.15) is 33.6 Å². The number of likely N-dealkylation sites (tertiary alicyclic amines) is 1. The van der Waals surface area contributed by atoms with Gasteiger partial charge in [-0.15, -0.1) is 0 Å². The molecule has 6 heteroatoms. The van der Waals surface area contributed by atoms with E-state index in [1.54, 1.807) is 35.2 Å². The van der Waals surface area contributed by atoms with Crippen LogP contribution >= 0.6 is 0 Å². The van der Waals surface area contributed by atoms with Crippen molar-refractivity contribution in [1.82, 2.24) is 4.90 Å². The molecule has 3 aromatic carbocycles. The third kappa shape index (κ3) is 3.84. The largest absolute Gasteiger partial charge is 0.454 e. The van der Waals surface area contributed by atoms with E-state index < -0.39 is 5.82 Å². The van der Waals surface area contributed by atoms with Crippen LogP contribution in [0.2, 0.25) is 0 Å². The van der Waals surface area contributed by atoms with Crippen molar-refractivity contribution >= 4 is 11.7 Å². The van der Waals surface area contributed by atoms with Crippen molar-refractivity contribution in [3.8, 4) is 22.6 Å². The van der Waals surface area contributed by atoms with Gasteiger partial charge in [0.05, 0.1) is 0 Å². The number of halogens is 1. The van der Waals surface area contributed by atoms with Crippen molar-refractivity contribution in [3.05, 3.63) is 83.7 Å². The van der Waals surface area contributed by atoms with Gasteiger partial charge in [0.15, 0.2) is 17.3 Å². The van der Waals surface area contributed by atoms with Gasteiger partial charge in [-0.25, -0.2) is 4.39 Å². The highest BCUT2D eigenvalue weighted by Gasteiger charge is 2.30. The van der Waals surface area contributed by atoms with Gasteiger partial charge in [-0.1, -0.05) is 42.5 Å². The van der Waals surface area contributed by atoms with Gasteiger partial charge in [0, 0.05) is 35.7 Å². The molecule has 0 radical (unpaired) electrons. The summed E-state index contributed by atoms with van der Waals surface area (Å²) in [7, 11) is 0. The number of Topliss-reactive ketones (excluding diaryl/α,β-unsaturated/α-hetero) is 1. The van der Waals surface area contributed by atoms with Crippen LogP contribution in [0.25, 0.3) is 11.1 Å². The Morgan fingerprint density at radius 2 is 1.69 bits per heavy atom. The number of ketones is 1. The molecule has 5 rings (SSSR count). The molecule has 2 aliphatic heterocycles. The van der Waals surface area contributed by atoms with E-state index in [4.69, 9.17) is 9.47 Å². The van der Waals surface area contributed by atoms with E-state index in [2.05, 4.69) is 0 Å². The number of hydrogen-bond donors (Lipinski definition) is 0. The zero-order valence-electron chi connectivity index (χ0n) is 17.4. The first-order valence-electron chi connectivity index (χ1n) is 10.7. The molecule has 0 spiro atoms. The fraction of sp³-hybridized carbons (Fsp3) is 0.231. The Kier molecular flexibility index (Phi) is 5.35. The number of hydrogen-bond acceptors (Lipinski definition) is 4. The first-order chi connectivity index (χ1) is 15.6. The highest BCUT2D eigenvalue weighted by atomic mass is 19.1. The molecule has 0 bridgehead atoms. The first kappa shape index (κ1) is 20.2. The Balaban J connectivity index is 1.31. The lowest BCUT2D eigenvalue weighted by Gasteiger charge is -2.32. The normalized spacial score (nSPS) is 17.3. The summed E-state index contributed by atoms with van der Waals surface area (Å²) in [5.74, 6) is 0.108. The Morgan fingerprint density at radius 1 is 0.906 bits per heavy atom. The number of carbonyl (C=O) groups excluding carboxylic acids is 2. The standard InChI is InChI=1S/C26H22FNO4/c27-22-13-18(8-10-21(22)17-5-2-1-3-6-17)25(29)20-7-4-12-28(15-20)26(30)19-9-11-23-24(14-19)32-16-31-23/h1-3,5-6,8-11,13-14,20H,4,7,12,15-16H2. The number of nitrogens with zero attached hydrogens (tertiary/aromatic N) is 1. The Morgan fingerprint density at radius 3 is 2.50 bits per heavy atom. The summed E-state index contributed by atoms with van der Waals surface area (Å²) in [5.41, 5.74) is 2.07. The summed E-state index contributed by atoms with van der Waals surface area (Å²) in [6.45, 7) is 1.04. The first-order valence-corrected chi connectivity index (χ1v) is 10.7. The van der Waals surface area contributed by atoms with E-state index in [9.17, 15) is 14.0 Å². The SMILES string of the molecule is O=C(c1ccc(-c2ccccc2)c(F)c1)C1CCCN(C(=O)c2ccc3c(c2)OCO3)C1. The maximum absolute atomic E-state index is 14.8. The highest BCUT2D eigenvalue weighted by molar-refractivity contribution is 6.00. The van der Waals surface area contributed by atoms with Crippen molar-refractivity contribution in [2.45, 2.75) is 12.8 Å². The fourth-order valence-electron chi connectivity index (χ4n) is 4.34. The molecule has 2 heterocycles. The molecule has 1 amide bonds. The predicted octanol–water partition coefficient (Wildman–Crippen LogP) is 4.96.